The smallest absolute Gasteiger partial charge is 0.251 e. The monoisotopic (exact) mass is 161 g/mol. The molecular formula is C7H15NO3. The molecule has 0 spiro atoms. The van der Waals surface area contributed by atoms with Gasteiger partial charge in [-0.25, -0.2) is 0 Å². The van der Waals surface area contributed by atoms with Crippen LogP contribution < -0.4 is 5.32 Å². The Kier molecular flexibility index (Phi) is 4.07. The maximum atomic E-state index is 10.9. The van der Waals surface area contributed by atoms with Crippen molar-refractivity contribution < 1.29 is 14.6 Å². The average Bonchev–Trinajstić information content (AvgIpc) is 1.86. The lowest BCUT2D eigenvalue weighted by molar-refractivity contribution is -0.136. The summed E-state index contributed by atoms with van der Waals surface area (Å²) < 4.78 is 4.71. The number of aliphatic hydroxyl groups is 1. The van der Waals surface area contributed by atoms with Crippen molar-refractivity contribution in [3.05, 3.63) is 0 Å². The van der Waals surface area contributed by atoms with Gasteiger partial charge < -0.3 is 15.2 Å². The number of ether oxygens (including phenoxy) is 1. The van der Waals surface area contributed by atoms with Crippen molar-refractivity contribution in [1.82, 2.24) is 5.32 Å². The van der Waals surface area contributed by atoms with E-state index < -0.39 is 5.60 Å². The summed E-state index contributed by atoms with van der Waals surface area (Å²) in [5, 5.41) is 11.6. The zero-order valence-corrected chi connectivity index (χ0v) is 7.18. The predicted molar refractivity (Wildman–Crippen MR) is 41.2 cm³/mol. The van der Waals surface area contributed by atoms with Gasteiger partial charge in [-0.1, -0.05) is 0 Å². The van der Waals surface area contributed by atoms with Gasteiger partial charge in [0.2, 0.25) is 0 Å². The Bertz CT molecular complexity index is 128. The summed E-state index contributed by atoms with van der Waals surface area (Å²) in [5.41, 5.74) is -1.30. The topological polar surface area (TPSA) is 58.6 Å². The third-order valence-electron chi connectivity index (χ3n) is 1.15. The zero-order chi connectivity index (χ0) is 8.91. The normalized spacial score (nSPS) is 11.3. The Morgan fingerprint density at radius 3 is 2.55 bits per heavy atom. The maximum absolute atomic E-state index is 10.9. The number of rotatable bonds is 4. The number of carbonyl (C=O) groups is 1. The minimum absolute atomic E-state index is 0.380. The molecule has 66 valence electrons. The fraction of sp³-hybridized carbons (Fsp3) is 0.857. The van der Waals surface area contributed by atoms with Crippen LogP contribution in [-0.2, 0) is 9.53 Å². The van der Waals surface area contributed by atoms with Gasteiger partial charge in [-0.3, -0.25) is 4.79 Å². The van der Waals surface area contributed by atoms with Crippen molar-refractivity contribution in [2.24, 2.45) is 0 Å². The molecule has 1 amide bonds. The van der Waals surface area contributed by atoms with Gasteiger partial charge in [0.1, 0.15) is 5.60 Å². The van der Waals surface area contributed by atoms with E-state index in [9.17, 15) is 4.79 Å². The van der Waals surface area contributed by atoms with Gasteiger partial charge in [0.15, 0.2) is 0 Å². The molecule has 0 bridgehead atoms. The van der Waals surface area contributed by atoms with Crippen LogP contribution in [0.25, 0.3) is 0 Å². The van der Waals surface area contributed by atoms with E-state index in [4.69, 9.17) is 9.84 Å². The first kappa shape index (κ1) is 10.4. The molecule has 0 radical (unpaired) electrons. The van der Waals surface area contributed by atoms with Gasteiger partial charge in [-0.2, -0.15) is 0 Å². The van der Waals surface area contributed by atoms with Crippen LogP contribution in [0.15, 0.2) is 0 Å². The van der Waals surface area contributed by atoms with Crippen LogP contribution in [-0.4, -0.2) is 36.9 Å². The maximum Gasteiger partial charge on any atom is 0.251 e. The quantitative estimate of drug-likeness (QED) is 0.547. The van der Waals surface area contributed by atoms with Gasteiger partial charge >= 0.3 is 0 Å². The average molecular weight is 161 g/mol. The molecule has 11 heavy (non-hydrogen) atoms. The summed E-state index contributed by atoms with van der Waals surface area (Å²) in [6.07, 6.45) is 0. The van der Waals surface area contributed by atoms with Crippen LogP contribution in [0.1, 0.15) is 13.8 Å². The fourth-order valence-corrected chi connectivity index (χ4v) is 0.483. The molecule has 0 fully saturated rings. The third kappa shape index (κ3) is 4.75. The minimum Gasteiger partial charge on any atom is -0.383 e. The summed E-state index contributed by atoms with van der Waals surface area (Å²) in [4.78, 5) is 10.9. The molecule has 0 unspecified atom stereocenters. The van der Waals surface area contributed by atoms with Crippen LogP contribution in [0.3, 0.4) is 0 Å². The Morgan fingerprint density at radius 2 is 2.18 bits per heavy atom. The number of carbonyl (C=O) groups excluding carboxylic acids is 1. The highest BCUT2D eigenvalue weighted by molar-refractivity contribution is 5.83. The van der Waals surface area contributed by atoms with Crippen LogP contribution in [0.2, 0.25) is 0 Å². The molecule has 0 rings (SSSR count). The van der Waals surface area contributed by atoms with Crippen LogP contribution in [0, 0.1) is 0 Å². The van der Waals surface area contributed by atoms with E-state index in [1.807, 2.05) is 0 Å². The molecule has 0 aromatic carbocycles. The molecule has 0 aliphatic carbocycles. The SMILES string of the molecule is COCCNC(=O)C(C)(C)O. The molecule has 0 aromatic rings. The molecule has 4 heteroatoms. The standard InChI is InChI=1S/C7H15NO3/c1-7(2,10)6(9)8-4-5-11-3/h10H,4-5H2,1-3H3,(H,8,9). The Hall–Kier alpha value is -0.610. The molecular weight excluding hydrogens is 146 g/mol. The van der Waals surface area contributed by atoms with Crippen LogP contribution in [0.5, 0.6) is 0 Å². The summed E-state index contributed by atoms with van der Waals surface area (Å²) in [5.74, 6) is -0.380. The van der Waals surface area contributed by atoms with E-state index in [-0.39, 0.29) is 5.91 Å². The summed E-state index contributed by atoms with van der Waals surface area (Å²) in [6, 6.07) is 0. The summed E-state index contributed by atoms with van der Waals surface area (Å²) in [7, 11) is 1.55. The molecule has 0 saturated heterocycles. The Morgan fingerprint density at radius 1 is 1.64 bits per heavy atom. The van der Waals surface area contributed by atoms with Crippen molar-refractivity contribution in [2.75, 3.05) is 20.3 Å². The van der Waals surface area contributed by atoms with Crippen molar-refractivity contribution in [2.45, 2.75) is 19.4 Å². The van der Waals surface area contributed by atoms with Crippen molar-refractivity contribution >= 4 is 5.91 Å². The van der Waals surface area contributed by atoms with E-state index in [1.165, 1.54) is 13.8 Å². The molecule has 2 N–H and O–H groups in total. The van der Waals surface area contributed by atoms with E-state index in [0.29, 0.717) is 13.2 Å². The molecule has 4 nitrogen and oxygen atoms in total. The third-order valence-corrected chi connectivity index (χ3v) is 1.15. The molecule has 0 aliphatic rings. The van der Waals surface area contributed by atoms with Gasteiger partial charge in [-0.15, -0.1) is 0 Å². The summed E-state index contributed by atoms with van der Waals surface area (Å²) in [6.45, 7) is 3.77. The fourth-order valence-electron chi connectivity index (χ4n) is 0.483. The van der Waals surface area contributed by atoms with Gasteiger partial charge in [0.05, 0.1) is 6.61 Å². The van der Waals surface area contributed by atoms with E-state index >= 15 is 0 Å². The molecule has 0 aromatic heterocycles. The second-order valence-electron chi connectivity index (χ2n) is 2.81. The zero-order valence-electron chi connectivity index (χ0n) is 7.18. The number of nitrogens with one attached hydrogen (secondary N) is 1. The predicted octanol–water partition coefficient (Wildman–Crippen LogP) is -0.480. The van der Waals surface area contributed by atoms with E-state index in [0.717, 1.165) is 0 Å². The lowest BCUT2D eigenvalue weighted by atomic mass is 10.1. The van der Waals surface area contributed by atoms with E-state index in [1.54, 1.807) is 7.11 Å². The first-order chi connectivity index (χ1) is 4.98. The number of amides is 1. The highest BCUT2D eigenvalue weighted by Crippen LogP contribution is 1.98. The number of hydrogen-bond acceptors (Lipinski definition) is 3. The summed E-state index contributed by atoms with van der Waals surface area (Å²) >= 11 is 0. The van der Waals surface area contributed by atoms with Crippen LogP contribution in [0.4, 0.5) is 0 Å². The molecule has 0 saturated carbocycles. The highest BCUT2D eigenvalue weighted by atomic mass is 16.5. The second-order valence-corrected chi connectivity index (χ2v) is 2.81. The largest absolute Gasteiger partial charge is 0.383 e. The first-order valence-corrected chi connectivity index (χ1v) is 3.48. The number of methoxy groups -OCH3 is 1. The Balaban J connectivity index is 3.54. The second kappa shape index (κ2) is 4.31. The molecule has 0 heterocycles. The van der Waals surface area contributed by atoms with Crippen molar-refractivity contribution in [3.63, 3.8) is 0 Å². The first-order valence-electron chi connectivity index (χ1n) is 3.48. The minimum atomic E-state index is -1.30. The van der Waals surface area contributed by atoms with Crippen LogP contribution >= 0.6 is 0 Å². The van der Waals surface area contributed by atoms with E-state index in [2.05, 4.69) is 5.32 Å². The Labute approximate surface area is 66.5 Å². The molecule has 0 atom stereocenters. The van der Waals surface area contributed by atoms with Gasteiger partial charge in [0.25, 0.3) is 5.91 Å². The van der Waals surface area contributed by atoms with Crippen molar-refractivity contribution in [3.8, 4) is 0 Å². The lowest BCUT2D eigenvalue weighted by Gasteiger charge is -2.15. The van der Waals surface area contributed by atoms with Gasteiger partial charge in [-0.05, 0) is 13.8 Å². The van der Waals surface area contributed by atoms with Gasteiger partial charge in [0, 0.05) is 13.7 Å². The van der Waals surface area contributed by atoms with Crippen molar-refractivity contribution in [1.29, 1.82) is 0 Å². The molecule has 0 aliphatic heterocycles. The number of hydrogen-bond donors (Lipinski definition) is 2. The lowest BCUT2D eigenvalue weighted by Crippen LogP contribution is -2.43. The highest BCUT2D eigenvalue weighted by Gasteiger charge is 2.22.